The van der Waals surface area contributed by atoms with Crippen LogP contribution < -0.4 is 0 Å². The van der Waals surface area contributed by atoms with E-state index in [1.54, 1.807) is 12.3 Å². The zero-order chi connectivity index (χ0) is 15.6. The van der Waals surface area contributed by atoms with Gasteiger partial charge in [-0.2, -0.15) is 13.2 Å². The molecule has 0 saturated carbocycles. The first-order valence-electron chi connectivity index (χ1n) is 6.19. The average Bonchev–Trinajstić information content (AvgIpc) is 2.40. The standard InChI is InChI=1S/C15H12Br2F3N/c1-9-2-4-11(21-8-9)7-14(17)10-3-5-13(16)12(6-10)15(18,19)20/h2-6,8,14H,7H2,1H3. The number of nitrogens with zero attached hydrogens (tertiary/aromatic N) is 1. The van der Waals surface area contributed by atoms with Gasteiger partial charge in [-0.1, -0.05) is 44.0 Å². The Morgan fingerprint density at radius 3 is 2.48 bits per heavy atom. The molecule has 1 aromatic carbocycles. The SMILES string of the molecule is Cc1ccc(CC(Br)c2ccc(Br)c(C(F)(F)F)c2)nc1. The van der Waals surface area contributed by atoms with Crippen LogP contribution in [0.5, 0.6) is 0 Å². The van der Waals surface area contributed by atoms with E-state index < -0.39 is 11.7 Å². The number of pyridine rings is 1. The lowest BCUT2D eigenvalue weighted by atomic mass is 10.0. The monoisotopic (exact) mass is 421 g/mol. The lowest BCUT2D eigenvalue weighted by molar-refractivity contribution is -0.138. The van der Waals surface area contributed by atoms with Crippen LogP contribution in [0.3, 0.4) is 0 Å². The number of rotatable bonds is 3. The van der Waals surface area contributed by atoms with Crippen LogP contribution in [-0.4, -0.2) is 4.98 Å². The summed E-state index contributed by atoms with van der Waals surface area (Å²) in [5.41, 5.74) is 1.79. The van der Waals surface area contributed by atoms with Crippen molar-refractivity contribution in [2.45, 2.75) is 24.3 Å². The highest BCUT2D eigenvalue weighted by molar-refractivity contribution is 9.10. The number of hydrogen-bond donors (Lipinski definition) is 0. The summed E-state index contributed by atoms with van der Waals surface area (Å²) in [6, 6.07) is 8.08. The van der Waals surface area contributed by atoms with E-state index in [9.17, 15) is 13.2 Å². The van der Waals surface area contributed by atoms with Crippen molar-refractivity contribution in [2.24, 2.45) is 0 Å². The van der Waals surface area contributed by atoms with Gasteiger partial charge in [-0.15, -0.1) is 0 Å². The van der Waals surface area contributed by atoms with Crippen molar-refractivity contribution in [1.29, 1.82) is 0 Å². The van der Waals surface area contributed by atoms with Crippen LogP contribution >= 0.6 is 31.9 Å². The molecule has 0 radical (unpaired) electrons. The fourth-order valence-corrected chi connectivity index (χ4v) is 2.96. The van der Waals surface area contributed by atoms with E-state index in [-0.39, 0.29) is 9.30 Å². The summed E-state index contributed by atoms with van der Waals surface area (Å²) in [6.07, 6.45) is -2.10. The van der Waals surface area contributed by atoms with Gasteiger partial charge >= 0.3 is 6.18 Å². The molecule has 2 rings (SSSR count). The summed E-state index contributed by atoms with van der Waals surface area (Å²) in [4.78, 5) is 4.05. The van der Waals surface area contributed by atoms with Gasteiger partial charge in [0.25, 0.3) is 0 Å². The minimum absolute atomic E-state index is 0.0481. The Morgan fingerprint density at radius 2 is 1.90 bits per heavy atom. The molecule has 0 saturated heterocycles. The van der Waals surface area contributed by atoms with E-state index in [0.717, 1.165) is 17.3 Å². The first-order valence-corrected chi connectivity index (χ1v) is 7.90. The molecule has 1 aromatic heterocycles. The van der Waals surface area contributed by atoms with Gasteiger partial charge in [0.2, 0.25) is 0 Å². The number of alkyl halides is 4. The average molecular weight is 423 g/mol. The van der Waals surface area contributed by atoms with Crippen molar-refractivity contribution in [3.8, 4) is 0 Å². The third-order valence-electron chi connectivity index (χ3n) is 3.02. The number of benzene rings is 1. The molecule has 112 valence electrons. The second kappa shape index (κ2) is 6.48. The highest BCUT2D eigenvalue weighted by atomic mass is 79.9. The largest absolute Gasteiger partial charge is 0.417 e. The van der Waals surface area contributed by atoms with Crippen LogP contribution in [0.2, 0.25) is 0 Å². The normalized spacial score (nSPS) is 13.2. The van der Waals surface area contributed by atoms with Crippen molar-refractivity contribution in [3.05, 3.63) is 63.4 Å². The highest BCUT2D eigenvalue weighted by Crippen LogP contribution is 2.38. The molecule has 0 aliphatic rings. The van der Waals surface area contributed by atoms with Crippen LogP contribution in [0.1, 0.15) is 27.2 Å². The lowest BCUT2D eigenvalue weighted by Crippen LogP contribution is -2.08. The van der Waals surface area contributed by atoms with E-state index in [2.05, 4.69) is 36.8 Å². The third-order valence-corrected chi connectivity index (χ3v) is 4.56. The van der Waals surface area contributed by atoms with Crippen molar-refractivity contribution < 1.29 is 13.2 Å². The Labute approximate surface area is 137 Å². The zero-order valence-corrected chi connectivity index (χ0v) is 14.3. The van der Waals surface area contributed by atoms with Gasteiger partial charge in [0.1, 0.15) is 0 Å². The van der Waals surface area contributed by atoms with E-state index in [0.29, 0.717) is 12.0 Å². The van der Waals surface area contributed by atoms with E-state index in [1.165, 1.54) is 6.07 Å². The predicted octanol–water partition coefficient (Wildman–Crippen LogP) is 5.85. The maximum absolute atomic E-state index is 12.9. The van der Waals surface area contributed by atoms with Gasteiger partial charge in [0.15, 0.2) is 0 Å². The van der Waals surface area contributed by atoms with Gasteiger partial charge < -0.3 is 0 Å². The van der Waals surface area contributed by atoms with Crippen LogP contribution in [0.25, 0.3) is 0 Å². The number of halogens is 5. The van der Waals surface area contributed by atoms with Crippen LogP contribution in [0.4, 0.5) is 13.2 Å². The maximum Gasteiger partial charge on any atom is 0.417 e. The first-order chi connectivity index (χ1) is 9.77. The molecule has 0 aliphatic carbocycles. The van der Waals surface area contributed by atoms with Crippen molar-refractivity contribution in [3.63, 3.8) is 0 Å². The molecule has 0 bridgehead atoms. The Bertz CT molecular complexity index is 624. The summed E-state index contributed by atoms with van der Waals surface area (Å²) in [5, 5.41) is 0. The quantitative estimate of drug-likeness (QED) is 0.565. The summed E-state index contributed by atoms with van der Waals surface area (Å²) >= 11 is 6.39. The molecule has 0 amide bonds. The molecular weight excluding hydrogens is 411 g/mol. The Morgan fingerprint density at radius 1 is 1.19 bits per heavy atom. The van der Waals surface area contributed by atoms with Crippen LogP contribution in [0, 0.1) is 6.92 Å². The maximum atomic E-state index is 12.9. The zero-order valence-electron chi connectivity index (χ0n) is 11.1. The number of aromatic nitrogens is 1. The van der Waals surface area contributed by atoms with Gasteiger partial charge in [-0.05, 0) is 36.2 Å². The topological polar surface area (TPSA) is 12.9 Å². The van der Waals surface area contributed by atoms with Gasteiger partial charge in [-0.3, -0.25) is 4.98 Å². The fraction of sp³-hybridized carbons (Fsp3) is 0.267. The first kappa shape index (κ1) is 16.5. The highest BCUT2D eigenvalue weighted by Gasteiger charge is 2.33. The molecular formula is C15H12Br2F3N. The second-order valence-electron chi connectivity index (χ2n) is 4.74. The molecule has 0 N–H and O–H groups in total. The minimum atomic E-state index is -4.37. The van der Waals surface area contributed by atoms with Gasteiger partial charge in [-0.25, -0.2) is 0 Å². The number of hydrogen-bond acceptors (Lipinski definition) is 1. The summed E-state index contributed by atoms with van der Waals surface area (Å²) in [7, 11) is 0. The fourth-order valence-electron chi connectivity index (χ4n) is 1.88. The molecule has 1 heterocycles. The molecule has 1 nitrogen and oxygen atoms in total. The van der Waals surface area contributed by atoms with E-state index >= 15 is 0 Å². The number of aryl methyl sites for hydroxylation is 1. The molecule has 21 heavy (non-hydrogen) atoms. The summed E-state index contributed by atoms with van der Waals surface area (Å²) in [6.45, 7) is 1.94. The lowest BCUT2D eigenvalue weighted by Gasteiger charge is -2.14. The molecule has 2 aromatic rings. The Hall–Kier alpha value is -0.880. The van der Waals surface area contributed by atoms with Gasteiger partial charge in [0.05, 0.1) is 5.56 Å². The molecule has 0 spiro atoms. The third kappa shape index (κ3) is 4.30. The van der Waals surface area contributed by atoms with Crippen LogP contribution in [0.15, 0.2) is 41.0 Å². The Kier molecular flexibility index (Phi) is 5.09. The van der Waals surface area contributed by atoms with Crippen molar-refractivity contribution in [1.82, 2.24) is 4.98 Å². The summed E-state index contributed by atoms with van der Waals surface area (Å²) < 4.78 is 38.8. The van der Waals surface area contributed by atoms with Crippen molar-refractivity contribution >= 4 is 31.9 Å². The summed E-state index contributed by atoms with van der Waals surface area (Å²) in [5.74, 6) is 0. The molecule has 6 heteroatoms. The second-order valence-corrected chi connectivity index (χ2v) is 6.70. The van der Waals surface area contributed by atoms with Gasteiger partial charge in [0, 0.05) is 27.6 Å². The smallest absolute Gasteiger partial charge is 0.261 e. The predicted molar refractivity (Wildman–Crippen MR) is 83.5 cm³/mol. The van der Waals surface area contributed by atoms with Crippen LogP contribution in [-0.2, 0) is 12.6 Å². The molecule has 1 unspecified atom stereocenters. The van der Waals surface area contributed by atoms with Crippen molar-refractivity contribution in [2.75, 3.05) is 0 Å². The molecule has 0 fully saturated rings. The minimum Gasteiger partial charge on any atom is -0.261 e. The van der Waals surface area contributed by atoms with E-state index in [4.69, 9.17) is 0 Å². The van der Waals surface area contributed by atoms with E-state index in [1.807, 2.05) is 19.1 Å². The molecule has 0 aliphatic heterocycles. The Balaban J connectivity index is 2.23. The molecule has 1 atom stereocenters.